The van der Waals surface area contributed by atoms with Crippen LogP contribution in [0.5, 0.6) is 0 Å². The van der Waals surface area contributed by atoms with Gasteiger partial charge in [-0.1, -0.05) is 12.1 Å². The van der Waals surface area contributed by atoms with Crippen molar-refractivity contribution in [1.82, 2.24) is 4.90 Å². The Morgan fingerprint density at radius 3 is 2.35 bits per heavy atom. The van der Waals surface area contributed by atoms with Crippen molar-refractivity contribution in [3.05, 3.63) is 35.6 Å². The summed E-state index contributed by atoms with van der Waals surface area (Å²) in [5, 5.41) is 8.63. The molecule has 0 spiro atoms. The van der Waals surface area contributed by atoms with Gasteiger partial charge >= 0.3 is 5.97 Å². The van der Waals surface area contributed by atoms with Crippen LogP contribution in [0.3, 0.4) is 0 Å². The molecule has 0 unspecified atom stereocenters. The normalized spacial score (nSPS) is 10.6. The van der Waals surface area contributed by atoms with E-state index in [1.165, 1.54) is 12.1 Å². The highest BCUT2D eigenvalue weighted by Gasteiger charge is 2.17. The number of carboxylic acid groups (broad SMARTS) is 1. The van der Waals surface area contributed by atoms with Gasteiger partial charge < -0.3 is 10.0 Å². The lowest BCUT2D eigenvalue weighted by Gasteiger charge is -2.26. The zero-order valence-electron chi connectivity index (χ0n) is 11.8. The van der Waals surface area contributed by atoms with Gasteiger partial charge in [-0.05, 0) is 38.0 Å². The van der Waals surface area contributed by atoms with E-state index in [0.717, 1.165) is 5.56 Å². The second-order valence-electron chi connectivity index (χ2n) is 4.98. The van der Waals surface area contributed by atoms with E-state index >= 15 is 0 Å². The Labute approximate surface area is 118 Å². The standard InChI is InChI=1S/C15H20FNO3/c1-11(2)17(9-3-4-15(19)20)14(18)10-12-5-7-13(16)8-6-12/h5-8,11H,3-4,9-10H2,1-2H3,(H,19,20). The van der Waals surface area contributed by atoms with Crippen LogP contribution in [-0.4, -0.2) is 34.5 Å². The van der Waals surface area contributed by atoms with E-state index in [-0.39, 0.29) is 30.6 Å². The highest BCUT2D eigenvalue weighted by atomic mass is 19.1. The fourth-order valence-electron chi connectivity index (χ4n) is 1.95. The maximum Gasteiger partial charge on any atom is 0.303 e. The minimum absolute atomic E-state index is 0.0109. The number of rotatable bonds is 7. The number of halogens is 1. The average molecular weight is 281 g/mol. The van der Waals surface area contributed by atoms with Gasteiger partial charge in [0.15, 0.2) is 0 Å². The molecule has 110 valence electrons. The largest absolute Gasteiger partial charge is 0.481 e. The molecular formula is C15H20FNO3. The first kappa shape index (κ1) is 16.1. The summed E-state index contributed by atoms with van der Waals surface area (Å²) in [5.74, 6) is -1.26. The third-order valence-corrected chi connectivity index (χ3v) is 3.00. The van der Waals surface area contributed by atoms with E-state index < -0.39 is 5.97 Å². The van der Waals surface area contributed by atoms with E-state index in [9.17, 15) is 14.0 Å². The Bertz CT molecular complexity index is 457. The summed E-state index contributed by atoms with van der Waals surface area (Å²) in [6.45, 7) is 4.21. The molecule has 0 atom stereocenters. The Morgan fingerprint density at radius 1 is 1.25 bits per heavy atom. The number of benzene rings is 1. The first-order valence-electron chi connectivity index (χ1n) is 6.66. The van der Waals surface area contributed by atoms with Crippen LogP contribution in [0.2, 0.25) is 0 Å². The predicted molar refractivity (Wildman–Crippen MR) is 73.8 cm³/mol. The van der Waals surface area contributed by atoms with Gasteiger partial charge in [-0.2, -0.15) is 0 Å². The van der Waals surface area contributed by atoms with E-state index in [1.54, 1.807) is 17.0 Å². The lowest BCUT2D eigenvalue weighted by atomic mass is 10.1. The van der Waals surface area contributed by atoms with E-state index in [4.69, 9.17) is 5.11 Å². The molecule has 0 aliphatic carbocycles. The van der Waals surface area contributed by atoms with Crippen LogP contribution in [0.15, 0.2) is 24.3 Å². The molecule has 0 saturated carbocycles. The Kier molecular flexibility index (Phi) is 6.15. The van der Waals surface area contributed by atoms with Crippen molar-refractivity contribution in [3.8, 4) is 0 Å². The van der Waals surface area contributed by atoms with Gasteiger partial charge in [0, 0.05) is 19.0 Å². The second kappa shape index (κ2) is 7.62. The summed E-state index contributed by atoms with van der Waals surface area (Å²) >= 11 is 0. The van der Waals surface area contributed by atoms with Crippen LogP contribution < -0.4 is 0 Å². The lowest BCUT2D eigenvalue weighted by Crippen LogP contribution is -2.38. The zero-order chi connectivity index (χ0) is 15.1. The first-order valence-corrected chi connectivity index (χ1v) is 6.66. The number of nitrogens with zero attached hydrogens (tertiary/aromatic N) is 1. The third-order valence-electron chi connectivity index (χ3n) is 3.00. The van der Waals surface area contributed by atoms with E-state index in [2.05, 4.69) is 0 Å². The van der Waals surface area contributed by atoms with Gasteiger partial charge in [0.2, 0.25) is 5.91 Å². The van der Waals surface area contributed by atoms with Gasteiger partial charge in [-0.15, -0.1) is 0 Å². The molecule has 0 bridgehead atoms. The molecule has 0 fully saturated rings. The number of hydrogen-bond donors (Lipinski definition) is 1. The fraction of sp³-hybridized carbons (Fsp3) is 0.467. The summed E-state index contributed by atoms with van der Waals surface area (Å²) in [6, 6.07) is 5.84. The third kappa shape index (κ3) is 5.38. The fourth-order valence-corrected chi connectivity index (χ4v) is 1.95. The van der Waals surface area contributed by atoms with Crippen molar-refractivity contribution >= 4 is 11.9 Å². The second-order valence-corrected chi connectivity index (χ2v) is 4.98. The van der Waals surface area contributed by atoms with Gasteiger partial charge in [0.1, 0.15) is 5.82 Å². The molecule has 0 radical (unpaired) electrons. The molecule has 1 amide bonds. The SMILES string of the molecule is CC(C)N(CCCC(=O)O)C(=O)Cc1ccc(F)cc1. The predicted octanol–water partition coefficient (Wildman–Crippen LogP) is 2.47. The minimum atomic E-state index is -0.861. The van der Waals surface area contributed by atoms with Crippen molar-refractivity contribution in [1.29, 1.82) is 0 Å². The summed E-state index contributed by atoms with van der Waals surface area (Å²) < 4.78 is 12.8. The zero-order valence-corrected chi connectivity index (χ0v) is 11.8. The van der Waals surface area contributed by atoms with Gasteiger partial charge in [0.05, 0.1) is 6.42 Å². The van der Waals surface area contributed by atoms with Crippen molar-refractivity contribution in [3.63, 3.8) is 0 Å². The molecular weight excluding hydrogens is 261 g/mol. The quantitative estimate of drug-likeness (QED) is 0.835. The molecule has 0 heterocycles. The highest BCUT2D eigenvalue weighted by molar-refractivity contribution is 5.79. The smallest absolute Gasteiger partial charge is 0.303 e. The number of carboxylic acids is 1. The van der Waals surface area contributed by atoms with Crippen LogP contribution in [-0.2, 0) is 16.0 Å². The Morgan fingerprint density at radius 2 is 1.85 bits per heavy atom. The van der Waals surface area contributed by atoms with Crippen LogP contribution >= 0.6 is 0 Å². The summed E-state index contributed by atoms with van der Waals surface area (Å²) in [5.41, 5.74) is 0.750. The van der Waals surface area contributed by atoms with Crippen molar-refractivity contribution in [2.75, 3.05) is 6.54 Å². The Balaban J connectivity index is 2.59. The van der Waals surface area contributed by atoms with Crippen molar-refractivity contribution in [2.45, 2.75) is 39.2 Å². The molecule has 1 N–H and O–H groups in total. The Hall–Kier alpha value is -1.91. The maximum atomic E-state index is 12.8. The van der Waals surface area contributed by atoms with E-state index in [0.29, 0.717) is 13.0 Å². The topological polar surface area (TPSA) is 57.6 Å². The summed E-state index contributed by atoms with van der Waals surface area (Å²) in [4.78, 5) is 24.4. The molecule has 0 aliphatic rings. The summed E-state index contributed by atoms with van der Waals surface area (Å²) in [6.07, 6.45) is 0.682. The molecule has 1 rings (SSSR count). The highest BCUT2D eigenvalue weighted by Crippen LogP contribution is 2.09. The van der Waals surface area contributed by atoms with Crippen molar-refractivity contribution in [2.24, 2.45) is 0 Å². The van der Waals surface area contributed by atoms with Crippen LogP contribution in [0.25, 0.3) is 0 Å². The molecule has 0 saturated heterocycles. The molecule has 20 heavy (non-hydrogen) atoms. The number of aliphatic carboxylic acids is 1. The molecule has 0 aliphatic heterocycles. The van der Waals surface area contributed by atoms with Crippen LogP contribution in [0.1, 0.15) is 32.3 Å². The summed E-state index contributed by atoms with van der Waals surface area (Å²) in [7, 11) is 0. The number of hydrogen-bond acceptors (Lipinski definition) is 2. The van der Waals surface area contributed by atoms with Gasteiger partial charge in [-0.25, -0.2) is 4.39 Å². The van der Waals surface area contributed by atoms with Crippen molar-refractivity contribution < 1.29 is 19.1 Å². The monoisotopic (exact) mass is 281 g/mol. The van der Waals surface area contributed by atoms with Crippen LogP contribution in [0.4, 0.5) is 4.39 Å². The number of carbonyl (C=O) groups excluding carboxylic acids is 1. The maximum absolute atomic E-state index is 12.8. The van der Waals surface area contributed by atoms with Crippen LogP contribution in [0, 0.1) is 5.82 Å². The molecule has 1 aromatic rings. The number of carbonyl (C=O) groups is 2. The van der Waals surface area contributed by atoms with Gasteiger partial charge in [-0.3, -0.25) is 9.59 Å². The lowest BCUT2D eigenvalue weighted by molar-refractivity contribution is -0.138. The average Bonchev–Trinajstić information content (AvgIpc) is 2.36. The molecule has 4 nitrogen and oxygen atoms in total. The first-order chi connectivity index (χ1) is 9.40. The minimum Gasteiger partial charge on any atom is -0.481 e. The van der Waals surface area contributed by atoms with E-state index in [1.807, 2.05) is 13.8 Å². The molecule has 1 aromatic carbocycles. The number of amides is 1. The molecule has 5 heteroatoms. The molecule has 0 aromatic heterocycles. The van der Waals surface area contributed by atoms with Gasteiger partial charge in [0.25, 0.3) is 0 Å².